The van der Waals surface area contributed by atoms with Crippen LogP contribution < -0.4 is 10.6 Å². The highest BCUT2D eigenvalue weighted by molar-refractivity contribution is 7.99. The molecule has 0 saturated heterocycles. The minimum Gasteiger partial charge on any atom is -0.372 e. The molecule has 0 spiro atoms. The zero-order valence-electron chi connectivity index (χ0n) is 10.4. The molecule has 0 bridgehead atoms. The highest BCUT2D eigenvalue weighted by Gasteiger charge is 2.11. The number of rotatable bonds is 6. The van der Waals surface area contributed by atoms with E-state index < -0.39 is 0 Å². The molecule has 1 unspecified atom stereocenters. The lowest BCUT2D eigenvalue weighted by molar-refractivity contribution is 0.0938. The summed E-state index contributed by atoms with van der Waals surface area (Å²) >= 11 is 1.80. The first-order valence-corrected chi connectivity index (χ1v) is 6.71. The van der Waals surface area contributed by atoms with Gasteiger partial charge in [0, 0.05) is 18.8 Å². The maximum Gasteiger partial charge on any atom is 0.271 e. The number of amides is 1. The Bertz CT molecular complexity index is 372. The van der Waals surface area contributed by atoms with Crippen molar-refractivity contribution in [3.63, 3.8) is 0 Å². The van der Waals surface area contributed by atoms with Gasteiger partial charge in [-0.1, -0.05) is 6.92 Å². The first-order chi connectivity index (χ1) is 8.17. The van der Waals surface area contributed by atoms with Crippen LogP contribution in [0.1, 0.15) is 24.3 Å². The van der Waals surface area contributed by atoms with Crippen molar-refractivity contribution in [3.05, 3.63) is 18.1 Å². The van der Waals surface area contributed by atoms with Gasteiger partial charge in [-0.25, -0.2) is 4.98 Å². The van der Waals surface area contributed by atoms with Crippen LogP contribution in [-0.2, 0) is 0 Å². The highest BCUT2D eigenvalue weighted by atomic mass is 32.2. The van der Waals surface area contributed by atoms with E-state index in [0.717, 1.165) is 11.5 Å². The zero-order valence-corrected chi connectivity index (χ0v) is 11.2. The molecule has 0 radical (unpaired) electrons. The quantitative estimate of drug-likeness (QED) is 0.803. The van der Waals surface area contributed by atoms with Crippen molar-refractivity contribution in [3.8, 4) is 0 Å². The van der Waals surface area contributed by atoms with Gasteiger partial charge in [0.05, 0.1) is 12.4 Å². The Hall–Kier alpha value is -1.30. The van der Waals surface area contributed by atoms with Gasteiger partial charge in [-0.3, -0.25) is 9.78 Å². The molecule has 0 saturated carbocycles. The normalized spacial score (nSPS) is 11.9. The average Bonchev–Trinajstić information content (AvgIpc) is 2.36. The molecule has 2 N–H and O–H groups in total. The van der Waals surface area contributed by atoms with Crippen LogP contribution in [0.5, 0.6) is 0 Å². The standard InChI is InChI=1S/C11H18N4OS/c1-4-17-7-8(2)14-11(16)9-5-13-6-10(12-3)15-9/h5-6,8H,4,7H2,1-3H3,(H,12,15)(H,14,16). The van der Waals surface area contributed by atoms with Crippen molar-refractivity contribution >= 4 is 23.5 Å². The molecule has 1 heterocycles. The van der Waals surface area contributed by atoms with Gasteiger partial charge in [-0.05, 0) is 12.7 Å². The molecule has 0 aliphatic rings. The molecule has 5 nitrogen and oxygen atoms in total. The predicted molar refractivity (Wildman–Crippen MR) is 71.5 cm³/mol. The van der Waals surface area contributed by atoms with Crippen LogP contribution in [0.15, 0.2) is 12.4 Å². The second-order valence-electron chi connectivity index (χ2n) is 3.57. The lowest BCUT2D eigenvalue weighted by Crippen LogP contribution is -2.35. The summed E-state index contributed by atoms with van der Waals surface area (Å²) in [7, 11) is 1.74. The maximum atomic E-state index is 11.8. The van der Waals surface area contributed by atoms with Crippen LogP contribution in [0.25, 0.3) is 0 Å². The molecular weight excluding hydrogens is 236 g/mol. The van der Waals surface area contributed by atoms with Crippen molar-refractivity contribution < 1.29 is 4.79 Å². The fourth-order valence-electron chi connectivity index (χ4n) is 1.23. The van der Waals surface area contributed by atoms with Crippen LogP contribution in [0.2, 0.25) is 0 Å². The van der Waals surface area contributed by atoms with Crippen molar-refractivity contribution in [2.75, 3.05) is 23.9 Å². The third-order valence-corrected chi connectivity index (χ3v) is 3.22. The van der Waals surface area contributed by atoms with E-state index in [4.69, 9.17) is 0 Å². The first-order valence-electron chi connectivity index (χ1n) is 5.55. The Labute approximate surface area is 106 Å². The summed E-state index contributed by atoms with van der Waals surface area (Å²) in [5.41, 5.74) is 0.338. The van der Waals surface area contributed by atoms with Gasteiger partial charge in [-0.15, -0.1) is 0 Å². The lowest BCUT2D eigenvalue weighted by Gasteiger charge is -2.12. The number of nitrogens with zero attached hydrogens (tertiary/aromatic N) is 2. The summed E-state index contributed by atoms with van der Waals surface area (Å²) in [6.07, 6.45) is 3.04. The van der Waals surface area contributed by atoms with Gasteiger partial charge in [0.2, 0.25) is 0 Å². The fourth-order valence-corrected chi connectivity index (χ4v) is 1.90. The number of nitrogens with one attached hydrogen (secondary N) is 2. The van der Waals surface area contributed by atoms with E-state index >= 15 is 0 Å². The van der Waals surface area contributed by atoms with Crippen molar-refractivity contribution in [2.24, 2.45) is 0 Å². The Morgan fingerprint density at radius 3 is 2.94 bits per heavy atom. The van der Waals surface area contributed by atoms with Gasteiger partial charge in [0.25, 0.3) is 5.91 Å². The first kappa shape index (κ1) is 13.8. The SMILES string of the molecule is CCSCC(C)NC(=O)c1cncc(NC)n1. The maximum absolute atomic E-state index is 11.8. The van der Waals surface area contributed by atoms with E-state index in [0.29, 0.717) is 11.5 Å². The number of anilines is 1. The molecule has 0 fully saturated rings. The van der Waals surface area contributed by atoms with Gasteiger partial charge >= 0.3 is 0 Å². The van der Waals surface area contributed by atoms with Crippen molar-refractivity contribution in [1.82, 2.24) is 15.3 Å². The largest absolute Gasteiger partial charge is 0.372 e. The van der Waals surface area contributed by atoms with Crippen LogP contribution in [0.3, 0.4) is 0 Å². The second-order valence-corrected chi connectivity index (χ2v) is 4.89. The summed E-state index contributed by atoms with van der Waals surface area (Å²) in [5, 5.41) is 5.74. The number of carbonyl (C=O) groups excluding carboxylic acids is 1. The van der Waals surface area contributed by atoms with Crippen molar-refractivity contribution in [1.29, 1.82) is 0 Å². The minimum atomic E-state index is -0.182. The summed E-state index contributed by atoms with van der Waals surface area (Å²) in [5.74, 6) is 2.36. The topological polar surface area (TPSA) is 66.9 Å². The van der Waals surface area contributed by atoms with Gasteiger partial charge in [0.15, 0.2) is 0 Å². The summed E-state index contributed by atoms with van der Waals surface area (Å²) in [6, 6.07) is 0.132. The Kier molecular flexibility index (Phi) is 5.76. The second kappa shape index (κ2) is 7.11. The molecule has 94 valence electrons. The number of carbonyl (C=O) groups is 1. The summed E-state index contributed by atoms with van der Waals surface area (Å²) < 4.78 is 0. The molecule has 6 heteroatoms. The van der Waals surface area contributed by atoms with Crippen LogP contribution >= 0.6 is 11.8 Å². The molecule has 17 heavy (non-hydrogen) atoms. The van der Waals surface area contributed by atoms with E-state index in [1.165, 1.54) is 6.20 Å². The van der Waals surface area contributed by atoms with E-state index in [1.807, 2.05) is 6.92 Å². The smallest absolute Gasteiger partial charge is 0.271 e. The number of thioether (sulfide) groups is 1. The molecule has 1 amide bonds. The molecule has 0 aromatic carbocycles. The molecule has 1 aromatic rings. The fraction of sp³-hybridized carbons (Fsp3) is 0.545. The van der Waals surface area contributed by atoms with Crippen molar-refractivity contribution in [2.45, 2.75) is 19.9 Å². The zero-order chi connectivity index (χ0) is 12.7. The Morgan fingerprint density at radius 1 is 1.53 bits per heavy atom. The third kappa shape index (κ3) is 4.60. The van der Waals surface area contributed by atoms with Gasteiger partial charge < -0.3 is 10.6 Å². The Balaban J connectivity index is 2.56. The van der Waals surface area contributed by atoms with E-state index in [2.05, 4.69) is 27.5 Å². The molecule has 1 atom stereocenters. The van der Waals surface area contributed by atoms with Crippen LogP contribution in [0, 0.1) is 0 Å². The van der Waals surface area contributed by atoms with Crippen LogP contribution in [-0.4, -0.2) is 40.5 Å². The monoisotopic (exact) mass is 254 g/mol. The summed E-state index contributed by atoms with van der Waals surface area (Å²) in [6.45, 7) is 4.08. The Morgan fingerprint density at radius 2 is 2.29 bits per heavy atom. The molecule has 0 aliphatic heterocycles. The molecule has 1 aromatic heterocycles. The lowest BCUT2D eigenvalue weighted by atomic mass is 10.3. The van der Waals surface area contributed by atoms with Crippen LogP contribution in [0.4, 0.5) is 5.82 Å². The summed E-state index contributed by atoms with van der Waals surface area (Å²) in [4.78, 5) is 19.9. The van der Waals surface area contributed by atoms with Gasteiger partial charge in [0.1, 0.15) is 11.5 Å². The van der Waals surface area contributed by atoms with E-state index in [9.17, 15) is 4.79 Å². The van der Waals surface area contributed by atoms with Gasteiger partial charge in [-0.2, -0.15) is 11.8 Å². The minimum absolute atomic E-state index is 0.132. The van der Waals surface area contributed by atoms with E-state index in [-0.39, 0.29) is 11.9 Å². The number of hydrogen-bond donors (Lipinski definition) is 2. The highest BCUT2D eigenvalue weighted by Crippen LogP contribution is 2.04. The number of aromatic nitrogens is 2. The molecule has 1 rings (SSSR count). The molecule has 0 aliphatic carbocycles. The number of hydrogen-bond acceptors (Lipinski definition) is 5. The molecular formula is C11H18N4OS. The third-order valence-electron chi connectivity index (χ3n) is 2.07. The van der Waals surface area contributed by atoms with E-state index in [1.54, 1.807) is 25.0 Å². The predicted octanol–water partition coefficient (Wildman–Crippen LogP) is 1.39. The average molecular weight is 254 g/mol.